The second-order valence-corrected chi connectivity index (χ2v) is 5.51. The van der Waals surface area contributed by atoms with Crippen LogP contribution in [0.2, 0.25) is 0 Å². The van der Waals surface area contributed by atoms with Crippen LogP contribution in [0.1, 0.15) is 31.7 Å². The summed E-state index contributed by atoms with van der Waals surface area (Å²) in [5.74, 6) is 0.392. The van der Waals surface area contributed by atoms with Crippen molar-refractivity contribution >= 4 is 5.91 Å². The van der Waals surface area contributed by atoms with E-state index in [4.69, 9.17) is 0 Å². The molecule has 1 aliphatic heterocycles. The monoisotopic (exact) mass is 265 g/mol. The Hall–Kier alpha value is -1.36. The first-order valence-electron chi connectivity index (χ1n) is 7.01. The molecule has 0 aliphatic carbocycles. The maximum Gasteiger partial charge on any atom is 0.224 e. The normalized spacial score (nSPS) is 21.4. The van der Waals surface area contributed by atoms with Gasteiger partial charge in [0.2, 0.25) is 5.91 Å². The lowest BCUT2D eigenvalue weighted by Gasteiger charge is -2.34. The van der Waals surface area contributed by atoms with Crippen molar-refractivity contribution in [3.63, 3.8) is 0 Å². The van der Waals surface area contributed by atoms with Crippen molar-refractivity contribution in [2.24, 2.45) is 5.92 Å². The molecule has 0 radical (unpaired) electrons. The molecule has 0 bridgehead atoms. The van der Waals surface area contributed by atoms with Crippen molar-refractivity contribution in [3.8, 4) is 0 Å². The Kier molecular flexibility index (Phi) is 4.58. The molecular weight excluding hydrogens is 242 g/mol. The minimum absolute atomic E-state index is 0.165. The van der Waals surface area contributed by atoms with E-state index in [0.717, 1.165) is 24.9 Å². The van der Waals surface area contributed by atoms with Crippen molar-refractivity contribution in [3.05, 3.63) is 18.0 Å². The van der Waals surface area contributed by atoms with E-state index in [0.29, 0.717) is 19.5 Å². The van der Waals surface area contributed by atoms with Crippen LogP contribution in [0.4, 0.5) is 0 Å². The third-order valence-corrected chi connectivity index (χ3v) is 3.81. The second-order valence-electron chi connectivity index (χ2n) is 5.51. The number of amides is 1. The molecule has 1 amide bonds. The van der Waals surface area contributed by atoms with Crippen molar-refractivity contribution in [2.45, 2.75) is 45.8 Å². The molecule has 5 heteroatoms. The molecule has 1 N–H and O–H groups in total. The lowest BCUT2D eigenvalue weighted by atomic mass is 9.93. The van der Waals surface area contributed by atoms with E-state index in [-0.39, 0.29) is 17.9 Å². The Morgan fingerprint density at radius 3 is 3.05 bits per heavy atom. The molecule has 19 heavy (non-hydrogen) atoms. The molecule has 2 unspecified atom stereocenters. The number of piperidine rings is 1. The average molecular weight is 265 g/mol. The molecule has 1 aromatic heterocycles. The molecule has 0 aromatic carbocycles. The van der Waals surface area contributed by atoms with Crippen molar-refractivity contribution in [2.75, 3.05) is 13.1 Å². The van der Waals surface area contributed by atoms with E-state index in [1.165, 1.54) is 0 Å². The van der Waals surface area contributed by atoms with Gasteiger partial charge in [-0.25, -0.2) is 0 Å². The van der Waals surface area contributed by atoms with Gasteiger partial charge in [0.15, 0.2) is 0 Å². The number of rotatable bonds is 4. The number of carbonyl (C=O) groups excluding carboxylic acids is 1. The molecule has 1 fully saturated rings. The van der Waals surface area contributed by atoms with Gasteiger partial charge >= 0.3 is 0 Å². The smallest absolute Gasteiger partial charge is 0.224 e. The number of nitrogens with zero attached hydrogens (tertiary/aromatic N) is 3. The van der Waals surface area contributed by atoms with E-state index in [9.17, 15) is 9.90 Å². The SMILES string of the molecule is Cc1cnn(CCC(=O)N2CCCC(C(C)O)C2)c1. The lowest BCUT2D eigenvalue weighted by molar-refractivity contribution is -0.134. The van der Waals surface area contributed by atoms with Crippen LogP contribution in [-0.2, 0) is 11.3 Å². The number of hydrogen-bond donors (Lipinski definition) is 1. The zero-order valence-electron chi connectivity index (χ0n) is 11.7. The number of carbonyl (C=O) groups is 1. The molecule has 2 rings (SSSR count). The highest BCUT2D eigenvalue weighted by atomic mass is 16.3. The summed E-state index contributed by atoms with van der Waals surface area (Å²) in [4.78, 5) is 14.0. The van der Waals surface area contributed by atoms with Gasteiger partial charge < -0.3 is 10.0 Å². The summed E-state index contributed by atoms with van der Waals surface area (Å²) in [6.45, 7) is 5.94. The molecule has 0 spiro atoms. The van der Waals surface area contributed by atoms with Crippen molar-refractivity contribution in [1.29, 1.82) is 0 Å². The van der Waals surface area contributed by atoms with Gasteiger partial charge in [0, 0.05) is 38.2 Å². The summed E-state index contributed by atoms with van der Waals surface area (Å²) in [5, 5.41) is 13.8. The molecule has 1 saturated heterocycles. The van der Waals surface area contributed by atoms with Gasteiger partial charge in [-0.05, 0) is 32.3 Å². The van der Waals surface area contributed by atoms with E-state index < -0.39 is 0 Å². The number of aliphatic hydroxyl groups excluding tert-OH is 1. The summed E-state index contributed by atoms with van der Waals surface area (Å²) >= 11 is 0. The van der Waals surface area contributed by atoms with Crippen LogP contribution >= 0.6 is 0 Å². The first kappa shape index (κ1) is 14.1. The Balaban J connectivity index is 1.82. The molecule has 5 nitrogen and oxygen atoms in total. The number of aromatic nitrogens is 2. The Morgan fingerprint density at radius 1 is 1.63 bits per heavy atom. The molecular formula is C14H23N3O2. The van der Waals surface area contributed by atoms with E-state index in [1.54, 1.807) is 6.20 Å². The third kappa shape index (κ3) is 3.80. The van der Waals surface area contributed by atoms with Crippen LogP contribution in [0.15, 0.2) is 12.4 Å². The number of hydrogen-bond acceptors (Lipinski definition) is 3. The van der Waals surface area contributed by atoms with E-state index >= 15 is 0 Å². The highest BCUT2D eigenvalue weighted by molar-refractivity contribution is 5.76. The molecule has 1 aliphatic rings. The lowest BCUT2D eigenvalue weighted by Crippen LogP contribution is -2.43. The fourth-order valence-corrected chi connectivity index (χ4v) is 2.59. The molecule has 1 aromatic rings. The van der Waals surface area contributed by atoms with Gasteiger partial charge in [-0.1, -0.05) is 0 Å². The first-order valence-corrected chi connectivity index (χ1v) is 7.01. The average Bonchev–Trinajstić information content (AvgIpc) is 2.82. The van der Waals surface area contributed by atoms with Gasteiger partial charge in [-0.2, -0.15) is 5.10 Å². The van der Waals surface area contributed by atoms with Gasteiger partial charge in [0.25, 0.3) is 0 Å². The van der Waals surface area contributed by atoms with Gasteiger partial charge in [0.05, 0.1) is 12.3 Å². The minimum Gasteiger partial charge on any atom is -0.393 e. The Morgan fingerprint density at radius 2 is 2.42 bits per heavy atom. The van der Waals surface area contributed by atoms with Crippen LogP contribution < -0.4 is 0 Å². The largest absolute Gasteiger partial charge is 0.393 e. The predicted molar refractivity (Wildman–Crippen MR) is 72.6 cm³/mol. The summed E-state index contributed by atoms with van der Waals surface area (Å²) in [6, 6.07) is 0. The highest BCUT2D eigenvalue weighted by Gasteiger charge is 2.26. The minimum atomic E-state index is -0.329. The molecule has 0 saturated carbocycles. The zero-order valence-corrected chi connectivity index (χ0v) is 11.7. The van der Waals surface area contributed by atoms with Gasteiger partial charge in [0.1, 0.15) is 0 Å². The van der Waals surface area contributed by atoms with Gasteiger partial charge in [-0.15, -0.1) is 0 Å². The third-order valence-electron chi connectivity index (χ3n) is 3.81. The summed E-state index contributed by atoms with van der Waals surface area (Å²) < 4.78 is 1.81. The number of aryl methyl sites for hydroxylation is 2. The second kappa shape index (κ2) is 6.19. The highest BCUT2D eigenvalue weighted by Crippen LogP contribution is 2.20. The summed E-state index contributed by atoms with van der Waals surface area (Å²) in [6.07, 6.45) is 5.90. The zero-order chi connectivity index (χ0) is 13.8. The van der Waals surface area contributed by atoms with Crippen LogP contribution in [0.25, 0.3) is 0 Å². The number of aliphatic hydroxyl groups is 1. The van der Waals surface area contributed by atoms with Crippen LogP contribution in [0.5, 0.6) is 0 Å². The van der Waals surface area contributed by atoms with Crippen LogP contribution in [0.3, 0.4) is 0 Å². The fraction of sp³-hybridized carbons (Fsp3) is 0.714. The van der Waals surface area contributed by atoms with E-state index in [2.05, 4.69) is 5.10 Å². The predicted octanol–water partition coefficient (Wildman–Crippen LogP) is 1.20. The number of likely N-dealkylation sites (tertiary alicyclic amines) is 1. The Labute approximate surface area is 114 Å². The fourth-order valence-electron chi connectivity index (χ4n) is 2.59. The van der Waals surface area contributed by atoms with Crippen LogP contribution in [-0.4, -0.2) is 44.9 Å². The van der Waals surface area contributed by atoms with E-state index in [1.807, 2.05) is 29.6 Å². The molecule has 106 valence electrons. The van der Waals surface area contributed by atoms with Crippen LogP contribution in [0, 0.1) is 12.8 Å². The topological polar surface area (TPSA) is 58.4 Å². The molecule has 2 atom stereocenters. The summed E-state index contributed by atoms with van der Waals surface area (Å²) in [7, 11) is 0. The van der Waals surface area contributed by atoms with Crippen molar-refractivity contribution in [1.82, 2.24) is 14.7 Å². The maximum atomic E-state index is 12.1. The molecule has 2 heterocycles. The van der Waals surface area contributed by atoms with Gasteiger partial charge in [-0.3, -0.25) is 9.48 Å². The summed E-state index contributed by atoms with van der Waals surface area (Å²) in [5.41, 5.74) is 1.11. The first-order chi connectivity index (χ1) is 9.06. The maximum absolute atomic E-state index is 12.1. The quantitative estimate of drug-likeness (QED) is 0.890. The standard InChI is InChI=1S/C14H23N3O2/c1-11-8-15-17(9-11)7-5-14(19)16-6-3-4-13(10-16)12(2)18/h8-9,12-13,18H,3-7,10H2,1-2H3. The van der Waals surface area contributed by atoms with Crippen molar-refractivity contribution < 1.29 is 9.90 Å². The Bertz CT molecular complexity index is 428.